The monoisotopic (exact) mass is 485 g/mol. The SMILES string of the molecule is CNC1CCC(Oc2ccc(N3NNN=C3c3cc(-c4cccs4)cnc3N)c(F)c2F)CC1. The lowest BCUT2D eigenvalue weighted by molar-refractivity contribution is 0.135. The van der Waals surface area contributed by atoms with Crippen molar-refractivity contribution in [2.75, 3.05) is 17.8 Å². The molecule has 2 aliphatic rings. The largest absolute Gasteiger partial charge is 0.487 e. The summed E-state index contributed by atoms with van der Waals surface area (Å²) in [6.45, 7) is 0. The van der Waals surface area contributed by atoms with E-state index in [0.717, 1.165) is 36.1 Å². The van der Waals surface area contributed by atoms with Crippen LogP contribution >= 0.6 is 11.3 Å². The molecule has 0 radical (unpaired) electrons. The first-order valence-electron chi connectivity index (χ1n) is 11.0. The number of benzene rings is 1. The number of hydrazine groups is 2. The van der Waals surface area contributed by atoms with Gasteiger partial charge in [0, 0.05) is 22.7 Å². The molecule has 5 N–H and O–H groups in total. The molecule has 1 aliphatic heterocycles. The molecule has 0 spiro atoms. The van der Waals surface area contributed by atoms with Gasteiger partial charge in [-0.3, -0.25) is 0 Å². The van der Waals surface area contributed by atoms with Gasteiger partial charge in [-0.25, -0.2) is 19.9 Å². The number of hydrogen-bond donors (Lipinski definition) is 4. The van der Waals surface area contributed by atoms with Crippen molar-refractivity contribution in [1.29, 1.82) is 0 Å². The zero-order chi connectivity index (χ0) is 23.7. The summed E-state index contributed by atoms with van der Waals surface area (Å²) in [5, 5.41) is 10.7. The van der Waals surface area contributed by atoms with Gasteiger partial charge >= 0.3 is 0 Å². The van der Waals surface area contributed by atoms with Crippen molar-refractivity contribution < 1.29 is 13.5 Å². The predicted molar refractivity (Wildman–Crippen MR) is 129 cm³/mol. The summed E-state index contributed by atoms with van der Waals surface area (Å²) in [6, 6.07) is 9.06. The van der Waals surface area contributed by atoms with E-state index in [1.54, 1.807) is 17.5 Å². The van der Waals surface area contributed by atoms with Crippen LogP contribution in [0, 0.1) is 11.6 Å². The van der Waals surface area contributed by atoms with Crippen molar-refractivity contribution in [3.8, 4) is 16.2 Å². The summed E-state index contributed by atoms with van der Waals surface area (Å²) >= 11 is 1.56. The lowest BCUT2D eigenvalue weighted by atomic mass is 9.93. The first-order valence-corrected chi connectivity index (χ1v) is 11.9. The number of pyridine rings is 1. The highest BCUT2D eigenvalue weighted by atomic mass is 32.1. The molecular formula is C23H25F2N7OS. The minimum Gasteiger partial charge on any atom is -0.487 e. The summed E-state index contributed by atoms with van der Waals surface area (Å²) in [5.41, 5.74) is 12.7. The Labute approximate surface area is 199 Å². The highest BCUT2D eigenvalue weighted by Crippen LogP contribution is 2.33. The van der Waals surface area contributed by atoms with Crippen LogP contribution in [0.3, 0.4) is 0 Å². The second kappa shape index (κ2) is 9.53. The van der Waals surface area contributed by atoms with E-state index in [9.17, 15) is 0 Å². The maximum Gasteiger partial charge on any atom is 0.202 e. The average Bonchev–Trinajstić information content (AvgIpc) is 3.56. The Morgan fingerprint density at radius 2 is 2.00 bits per heavy atom. The van der Waals surface area contributed by atoms with Gasteiger partial charge in [0.05, 0.1) is 11.7 Å². The van der Waals surface area contributed by atoms with Gasteiger partial charge in [0.25, 0.3) is 0 Å². The van der Waals surface area contributed by atoms with Gasteiger partial charge in [0.1, 0.15) is 11.5 Å². The molecule has 3 aromatic rings. The number of nitrogens with two attached hydrogens (primary N) is 1. The molecule has 1 saturated carbocycles. The Morgan fingerprint density at radius 3 is 2.74 bits per heavy atom. The first kappa shape index (κ1) is 22.5. The molecule has 1 aromatic carbocycles. The topological polar surface area (TPSA) is 99.8 Å². The molecular weight excluding hydrogens is 460 g/mol. The number of anilines is 2. The molecule has 0 amide bonds. The van der Waals surface area contributed by atoms with Gasteiger partial charge < -0.3 is 15.8 Å². The molecule has 5 rings (SSSR count). The van der Waals surface area contributed by atoms with Gasteiger partial charge in [-0.05, 0) is 62.4 Å². The van der Waals surface area contributed by atoms with E-state index in [-0.39, 0.29) is 29.2 Å². The van der Waals surface area contributed by atoms with Crippen LogP contribution in [0.25, 0.3) is 10.4 Å². The fourth-order valence-corrected chi connectivity index (χ4v) is 4.96. The normalized spacial score (nSPS) is 20.2. The van der Waals surface area contributed by atoms with E-state index in [0.29, 0.717) is 11.6 Å². The third-order valence-corrected chi connectivity index (χ3v) is 7.06. The number of rotatable bonds is 6. The molecule has 1 aliphatic carbocycles. The number of thiophene rings is 1. The third kappa shape index (κ3) is 4.29. The standard InChI is InChI=1S/C23H25F2N7OS/c1-27-14-4-6-15(7-5-14)33-18-9-8-17(20(24)21(18)25)32-23(29-30-31-32)16-11-13(12-28-22(16)26)19-3-2-10-34-19/h2-3,8-12,14-15,27,30-31H,4-7H2,1H3,(H2,26,28). The maximum absolute atomic E-state index is 15.2. The van der Waals surface area contributed by atoms with Crippen LogP contribution in [0.2, 0.25) is 0 Å². The highest BCUT2D eigenvalue weighted by molar-refractivity contribution is 7.13. The van der Waals surface area contributed by atoms with Gasteiger partial charge in [0.2, 0.25) is 5.82 Å². The number of halogens is 2. The Hall–Kier alpha value is -3.28. The Morgan fingerprint density at radius 1 is 1.18 bits per heavy atom. The fraction of sp³-hybridized carbons (Fsp3) is 0.304. The number of nitrogens with one attached hydrogen (secondary N) is 3. The zero-order valence-electron chi connectivity index (χ0n) is 18.5. The van der Waals surface area contributed by atoms with Crippen LogP contribution in [0.15, 0.2) is 47.0 Å². The van der Waals surface area contributed by atoms with Gasteiger partial charge in [0.15, 0.2) is 17.4 Å². The van der Waals surface area contributed by atoms with Crippen molar-refractivity contribution in [2.45, 2.75) is 37.8 Å². The molecule has 0 atom stereocenters. The quantitative estimate of drug-likeness (QED) is 0.422. The van der Waals surface area contributed by atoms with Gasteiger partial charge in [-0.15, -0.1) is 22.0 Å². The Balaban J connectivity index is 1.39. The van der Waals surface area contributed by atoms with E-state index in [1.165, 1.54) is 17.1 Å². The fourth-order valence-electron chi connectivity index (χ4n) is 4.25. The molecule has 3 heterocycles. The number of nitrogen functional groups attached to an aromatic ring is 1. The molecule has 8 nitrogen and oxygen atoms in total. The first-order chi connectivity index (χ1) is 16.5. The Kier molecular flexibility index (Phi) is 6.31. The second-order valence-corrected chi connectivity index (χ2v) is 9.17. The van der Waals surface area contributed by atoms with E-state index < -0.39 is 11.6 Å². The van der Waals surface area contributed by atoms with Crippen molar-refractivity contribution in [3.63, 3.8) is 0 Å². The second-order valence-electron chi connectivity index (χ2n) is 8.22. The average molecular weight is 486 g/mol. The highest BCUT2D eigenvalue weighted by Gasteiger charge is 2.29. The molecule has 178 valence electrons. The summed E-state index contributed by atoms with van der Waals surface area (Å²) in [5.74, 6) is -1.71. The van der Waals surface area contributed by atoms with E-state index >= 15 is 8.78 Å². The smallest absolute Gasteiger partial charge is 0.202 e. The number of nitrogens with zero attached hydrogens (tertiary/aromatic N) is 3. The predicted octanol–water partition coefficient (Wildman–Crippen LogP) is 3.77. The van der Waals surface area contributed by atoms with Crippen molar-refractivity contribution in [2.24, 2.45) is 5.10 Å². The number of ether oxygens (including phenoxy) is 1. The van der Waals surface area contributed by atoms with Crippen molar-refractivity contribution in [1.82, 2.24) is 21.4 Å². The van der Waals surface area contributed by atoms with Crippen LogP contribution < -0.4 is 31.9 Å². The molecule has 0 bridgehead atoms. The van der Waals surface area contributed by atoms with Gasteiger partial charge in [-0.2, -0.15) is 4.39 Å². The molecule has 0 unspecified atom stereocenters. The molecule has 0 saturated heterocycles. The van der Waals surface area contributed by atoms with Crippen LogP contribution in [0.1, 0.15) is 31.2 Å². The van der Waals surface area contributed by atoms with E-state index in [1.807, 2.05) is 30.6 Å². The minimum atomic E-state index is -1.05. The molecule has 11 heteroatoms. The number of hydrogen-bond acceptors (Lipinski definition) is 9. The van der Waals surface area contributed by atoms with E-state index in [2.05, 4.69) is 26.5 Å². The van der Waals surface area contributed by atoms with Crippen molar-refractivity contribution >= 4 is 28.7 Å². The number of hydrazone groups is 1. The van der Waals surface area contributed by atoms with E-state index in [4.69, 9.17) is 10.5 Å². The minimum absolute atomic E-state index is 0.0617. The van der Waals surface area contributed by atoms with Crippen LogP contribution in [0.5, 0.6) is 5.75 Å². The lowest BCUT2D eigenvalue weighted by Crippen LogP contribution is -2.42. The Bertz CT molecular complexity index is 1200. The number of aromatic nitrogens is 1. The van der Waals surface area contributed by atoms with Crippen LogP contribution in [-0.4, -0.2) is 30.0 Å². The summed E-state index contributed by atoms with van der Waals surface area (Å²) in [7, 11) is 1.93. The van der Waals surface area contributed by atoms with Crippen LogP contribution in [0.4, 0.5) is 20.3 Å². The summed E-state index contributed by atoms with van der Waals surface area (Å²) < 4.78 is 36.0. The summed E-state index contributed by atoms with van der Waals surface area (Å²) in [6.07, 6.45) is 4.98. The van der Waals surface area contributed by atoms with Gasteiger partial charge in [-0.1, -0.05) is 6.07 Å². The zero-order valence-corrected chi connectivity index (χ0v) is 19.3. The lowest BCUT2D eigenvalue weighted by Gasteiger charge is -2.29. The molecule has 34 heavy (non-hydrogen) atoms. The maximum atomic E-state index is 15.2. The molecule has 1 fully saturated rings. The number of amidine groups is 1. The van der Waals surface area contributed by atoms with Crippen LogP contribution in [-0.2, 0) is 0 Å². The van der Waals surface area contributed by atoms with Crippen molar-refractivity contribution in [3.05, 3.63) is 59.1 Å². The molecule has 2 aromatic heterocycles. The summed E-state index contributed by atoms with van der Waals surface area (Å²) in [4.78, 5) is 5.27. The third-order valence-electron chi connectivity index (χ3n) is 6.14.